The fourth-order valence-corrected chi connectivity index (χ4v) is 6.53. The van der Waals surface area contributed by atoms with Crippen molar-refractivity contribution in [3.63, 3.8) is 0 Å². The lowest BCUT2D eigenvalue weighted by Crippen LogP contribution is -2.38. The van der Waals surface area contributed by atoms with E-state index in [1.165, 1.54) is 30.2 Å². The molecule has 1 aromatic heterocycles. The van der Waals surface area contributed by atoms with Gasteiger partial charge >= 0.3 is 0 Å². The van der Waals surface area contributed by atoms with Crippen molar-refractivity contribution in [2.24, 2.45) is 5.73 Å². The van der Waals surface area contributed by atoms with Gasteiger partial charge in [0.25, 0.3) is 0 Å². The largest absolute Gasteiger partial charge is 0.497 e. The van der Waals surface area contributed by atoms with E-state index < -0.39 is 5.92 Å². The molecule has 0 saturated heterocycles. The van der Waals surface area contributed by atoms with Gasteiger partial charge < -0.3 is 20.5 Å². The number of Topliss-reactive ketones (excluding diaryl/α,β-unsaturated/α-hetero) is 1. The molecule has 0 bridgehead atoms. The van der Waals surface area contributed by atoms with Gasteiger partial charge in [-0.2, -0.15) is 5.26 Å². The summed E-state index contributed by atoms with van der Waals surface area (Å²) in [7, 11) is 3.07. The summed E-state index contributed by atoms with van der Waals surface area (Å²) >= 11 is 2.47. The number of amides is 1. The Labute approximate surface area is 239 Å². The monoisotopic (exact) mass is 574 g/mol. The van der Waals surface area contributed by atoms with Crippen LogP contribution in [-0.4, -0.2) is 41.9 Å². The summed E-state index contributed by atoms with van der Waals surface area (Å²) in [5.74, 6) is 0.655. The van der Waals surface area contributed by atoms with Crippen LogP contribution in [0.15, 0.2) is 75.5 Å². The van der Waals surface area contributed by atoms with E-state index in [4.69, 9.17) is 15.2 Å². The number of allylic oxidation sites excluding steroid dienone is 3. The minimum atomic E-state index is -0.523. The van der Waals surface area contributed by atoms with Gasteiger partial charge in [-0.3, -0.25) is 14.5 Å². The molecule has 0 saturated carbocycles. The number of anilines is 2. The summed E-state index contributed by atoms with van der Waals surface area (Å²) in [5.41, 5.74) is 9.60. The molecule has 1 aliphatic carbocycles. The van der Waals surface area contributed by atoms with E-state index >= 15 is 0 Å². The first-order valence-electron chi connectivity index (χ1n) is 12.4. The first-order chi connectivity index (χ1) is 19.4. The maximum atomic E-state index is 13.2. The van der Waals surface area contributed by atoms with Crippen LogP contribution in [0.25, 0.3) is 0 Å². The van der Waals surface area contributed by atoms with Gasteiger partial charge in [0.15, 0.2) is 10.1 Å². The zero-order valence-electron chi connectivity index (χ0n) is 21.8. The summed E-state index contributed by atoms with van der Waals surface area (Å²) in [6.45, 7) is 0. The van der Waals surface area contributed by atoms with Gasteiger partial charge in [0.05, 0.1) is 43.2 Å². The Morgan fingerprint density at radius 1 is 1.20 bits per heavy atom. The summed E-state index contributed by atoms with van der Waals surface area (Å²) in [6, 6.07) is 16.9. The molecule has 1 unspecified atom stereocenters. The third kappa shape index (κ3) is 5.25. The number of nitrogens with two attached hydrogens (primary N) is 1. The molecule has 1 aliphatic heterocycles. The average Bonchev–Trinajstić information content (AvgIpc) is 3.44. The van der Waals surface area contributed by atoms with Crippen molar-refractivity contribution in [2.75, 3.05) is 30.2 Å². The van der Waals surface area contributed by atoms with Crippen LogP contribution in [-0.2, 0) is 9.59 Å². The number of benzene rings is 2. The SMILES string of the molecule is COc1ccc(NC(=O)CSc2nnc(N3C(N)=C(C#N)C(c4ccccc4)C4=C3CCCC4=O)s2)c(OC)c1. The first kappa shape index (κ1) is 27.2. The van der Waals surface area contributed by atoms with Gasteiger partial charge in [0, 0.05) is 23.8 Å². The maximum absolute atomic E-state index is 13.2. The number of aromatic nitrogens is 2. The minimum absolute atomic E-state index is 0.00472. The number of nitrogens with zero attached hydrogens (tertiary/aromatic N) is 4. The second-order valence-electron chi connectivity index (χ2n) is 8.98. The van der Waals surface area contributed by atoms with Crippen LogP contribution in [0.2, 0.25) is 0 Å². The Morgan fingerprint density at radius 2 is 2.00 bits per heavy atom. The first-order valence-corrected chi connectivity index (χ1v) is 14.2. The van der Waals surface area contributed by atoms with Gasteiger partial charge in [-0.25, -0.2) is 0 Å². The summed E-state index contributed by atoms with van der Waals surface area (Å²) in [4.78, 5) is 27.6. The number of hydrogen-bond acceptors (Lipinski definition) is 11. The predicted molar refractivity (Wildman–Crippen MR) is 153 cm³/mol. The number of hydrogen-bond donors (Lipinski definition) is 2. The van der Waals surface area contributed by atoms with Crippen molar-refractivity contribution in [1.29, 1.82) is 5.26 Å². The molecule has 40 heavy (non-hydrogen) atoms. The van der Waals surface area contributed by atoms with E-state index in [2.05, 4.69) is 21.6 Å². The molecule has 0 radical (unpaired) electrons. The van der Waals surface area contributed by atoms with Crippen LogP contribution in [0.3, 0.4) is 0 Å². The van der Waals surface area contributed by atoms with Crippen molar-refractivity contribution in [1.82, 2.24) is 10.2 Å². The van der Waals surface area contributed by atoms with E-state index in [9.17, 15) is 14.9 Å². The van der Waals surface area contributed by atoms with Crippen molar-refractivity contribution in [3.8, 4) is 17.6 Å². The molecule has 2 aliphatic rings. The molecule has 1 atom stereocenters. The minimum Gasteiger partial charge on any atom is -0.497 e. The second kappa shape index (κ2) is 11.8. The average molecular weight is 575 g/mol. The number of nitrogens with one attached hydrogen (secondary N) is 1. The van der Waals surface area contributed by atoms with Crippen LogP contribution < -0.4 is 25.4 Å². The number of ketones is 1. The number of carbonyl (C=O) groups is 2. The number of nitriles is 1. The summed E-state index contributed by atoms with van der Waals surface area (Å²) < 4.78 is 11.1. The molecule has 0 spiro atoms. The lowest BCUT2D eigenvalue weighted by Gasteiger charge is -2.38. The second-order valence-corrected chi connectivity index (χ2v) is 11.2. The standard InChI is InChI=1S/C28H26N6O4S2/c1-37-17-11-12-19(22(13-17)38-2)31-23(36)15-39-28-33-32-27(40-28)34-20-9-6-10-21(35)25(20)24(18(14-29)26(34)30)16-7-4-3-5-8-16/h3-5,7-8,11-13,24H,6,9-10,15,30H2,1-2H3,(H,31,36). The molecule has 5 rings (SSSR count). The fourth-order valence-electron chi connectivity index (χ4n) is 4.85. The Kier molecular flexibility index (Phi) is 8.04. The fraction of sp³-hybridized carbons (Fsp3) is 0.250. The lowest BCUT2D eigenvalue weighted by atomic mass is 9.76. The van der Waals surface area contributed by atoms with Crippen LogP contribution in [0, 0.1) is 11.3 Å². The molecule has 2 aromatic carbocycles. The maximum Gasteiger partial charge on any atom is 0.234 e. The number of ether oxygens (including phenoxy) is 2. The van der Waals surface area contributed by atoms with Crippen molar-refractivity contribution in [3.05, 3.63) is 76.8 Å². The Balaban J connectivity index is 1.38. The molecule has 12 heteroatoms. The number of thioether (sulfide) groups is 1. The zero-order valence-corrected chi connectivity index (χ0v) is 23.5. The van der Waals surface area contributed by atoms with E-state index in [-0.39, 0.29) is 23.3 Å². The lowest BCUT2D eigenvalue weighted by molar-refractivity contribution is -0.116. The normalized spacial score (nSPS) is 16.9. The summed E-state index contributed by atoms with van der Waals surface area (Å²) in [5, 5.41) is 22.0. The zero-order chi connectivity index (χ0) is 28.2. The van der Waals surface area contributed by atoms with Gasteiger partial charge in [-0.05, 0) is 30.5 Å². The highest BCUT2D eigenvalue weighted by Crippen LogP contribution is 2.47. The van der Waals surface area contributed by atoms with Crippen LogP contribution in [0.1, 0.15) is 30.7 Å². The molecule has 0 fully saturated rings. The van der Waals surface area contributed by atoms with Crippen LogP contribution in [0.5, 0.6) is 11.5 Å². The highest BCUT2D eigenvalue weighted by atomic mass is 32.2. The molecule has 2 heterocycles. The smallest absolute Gasteiger partial charge is 0.234 e. The molecular formula is C28H26N6O4S2. The quantitative estimate of drug-likeness (QED) is 0.367. The topological polar surface area (TPSA) is 143 Å². The number of methoxy groups -OCH3 is 2. The molecule has 10 nitrogen and oxygen atoms in total. The van der Waals surface area contributed by atoms with Gasteiger partial charge in [0.1, 0.15) is 17.3 Å². The van der Waals surface area contributed by atoms with Crippen molar-refractivity contribution < 1.29 is 19.1 Å². The predicted octanol–water partition coefficient (Wildman–Crippen LogP) is 4.59. The van der Waals surface area contributed by atoms with Crippen LogP contribution >= 0.6 is 23.1 Å². The van der Waals surface area contributed by atoms with E-state index in [1.54, 1.807) is 30.2 Å². The summed E-state index contributed by atoms with van der Waals surface area (Å²) in [6.07, 6.45) is 1.72. The van der Waals surface area contributed by atoms with E-state index in [0.29, 0.717) is 57.1 Å². The molecule has 3 aromatic rings. The number of carbonyl (C=O) groups excluding carboxylic acids is 2. The van der Waals surface area contributed by atoms with E-state index in [1.807, 2.05) is 30.3 Å². The Bertz CT molecular complexity index is 1560. The van der Waals surface area contributed by atoms with Gasteiger partial charge in [0.2, 0.25) is 11.0 Å². The highest BCUT2D eigenvalue weighted by Gasteiger charge is 2.41. The van der Waals surface area contributed by atoms with E-state index in [0.717, 1.165) is 11.3 Å². The Hall–Kier alpha value is -4.34. The highest BCUT2D eigenvalue weighted by molar-refractivity contribution is 8.01. The van der Waals surface area contributed by atoms with Crippen LogP contribution in [0.4, 0.5) is 10.8 Å². The molecule has 3 N–H and O–H groups in total. The molecule has 204 valence electrons. The number of rotatable bonds is 8. The van der Waals surface area contributed by atoms with Crippen molar-refractivity contribution in [2.45, 2.75) is 29.5 Å². The third-order valence-electron chi connectivity index (χ3n) is 6.64. The van der Waals surface area contributed by atoms with Gasteiger partial charge in [-0.1, -0.05) is 53.4 Å². The molecule has 1 amide bonds. The Morgan fingerprint density at radius 3 is 2.73 bits per heavy atom. The van der Waals surface area contributed by atoms with Gasteiger partial charge in [-0.15, -0.1) is 10.2 Å². The third-order valence-corrected chi connectivity index (χ3v) is 8.68. The van der Waals surface area contributed by atoms with Crippen molar-refractivity contribution >= 4 is 45.6 Å². The molecular weight excluding hydrogens is 548 g/mol.